The minimum Gasteiger partial charge on any atom is -0.135 e. The fourth-order valence-corrected chi connectivity index (χ4v) is 11.6. The van der Waals surface area contributed by atoms with E-state index < -0.39 is 0 Å². The van der Waals surface area contributed by atoms with Crippen molar-refractivity contribution in [1.82, 2.24) is 0 Å². The van der Waals surface area contributed by atoms with Gasteiger partial charge in [-0.05, 0) is 101 Å². The lowest BCUT2D eigenvalue weighted by molar-refractivity contribution is 0.926. The van der Waals surface area contributed by atoms with Crippen LogP contribution in [-0.2, 0) is 0 Å². The van der Waals surface area contributed by atoms with Gasteiger partial charge in [-0.25, -0.2) is 0 Å². The first-order valence-corrected chi connectivity index (χ1v) is 20.4. The third-order valence-corrected chi connectivity index (χ3v) is 14.1. The summed E-state index contributed by atoms with van der Waals surface area (Å²) >= 11 is 3.86. The summed E-state index contributed by atoms with van der Waals surface area (Å²) in [5.74, 6) is 0.309. The van der Waals surface area contributed by atoms with Crippen molar-refractivity contribution in [2.24, 2.45) is 0 Å². The molecule has 0 saturated carbocycles. The summed E-state index contributed by atoms with van der Waals surface area (Å²) < 4.78 is 5.53. The van der Waals surface area contributed by atoms with Gasteiger partial charge in [0.05, 0.1) is 0 Å². The molecule has 11 aromatic rings. The maximum Gasteiger partial charge on any atom is 0.0433 e. The van der Waals surface area contributed by atoms with Gasteiger partial charge in [0, 0.05) is 46.1 Å². The van der Waals surface area contributed by atoms with Gasteiger partial charge in [-0.3, -0.25) is 0 Å². The zero-order valence-electron chi connectivity index (χ0n) is 29.3. The number of thiophene rings is 2. The van der Waals surface area contributed by atoms with E-state index >= 15 is 0 Å². The summed E-state index contributed by atoms with van der Waals surface area (Å²) in [6.07, 6.45) is 6.05. The fourth-order valence-electron chi connectivity index (χ4n) is 9.21. The molecule has 1 unspecified atom stereocenters. The molecule has 2 heterocycles. The standard InChI is InChI=1S/C52H32S2/c1-2-11-32-26-37(21-20-31(32)10-1)51-41-17-5-3-15-39(41)50(40-16-4-6-18-42(40)51)36-13-9-12-33(27-36)34-23-25-48-45(28-34)43-24-22-35-29-49-46(30-44(35)52(43)54-48)38-14-7-8-19-47(38)53-49/h1-22,24-30,34H,23H2. The van der Waals surface area contributed by atoms with Crippen molar-refractivity contribution >= 4 is 108 Å². The quantitative estimate of drug-likeness (QED) is 0.159. The molecule has 1 atom stereocenters. The lowest BCUT2D eigenvalue weighted by atomic mass is 9.84. The Bertz CT molecular complexity index is 3430. The first-order chi connectivity index (χ1) is 26.7. The Morgan fingerprint density at radius 3 is 1.85 bits per heavy atom. The van der Waals surface area contributed by atoms with Gasteiger partial charge < -0.3 is 0 Å². The Balaban J connectivity index is 1.01. The highest BCUT2D eigenvalue weighted by atomic mass is 32.1. The Morgan fingerprint density at radius 1 is 0.407 bits per heavy atom. The lowest BCUT2D eigenvalue weighted by Gasteiger charge is -2.19. The Labute approximate surface area is 320 Å². The van der Waals surface area contributed by atoms with Crippen molar-refractivity contribution in [2.75, 3.05) is 0 Å². The zero-order chi connectivity index (χ0) is 35.3. The summed E-state index contributed by atoms with van der Waals surface area (Å²) in [6, 6.07) is 61.3. The van der Waals surface area contributed by atoms with Gasteiger partial charge in [0.2, 0.25) is 0 Å². The monoisotopic (exact) mass is 720 g/mol. The molecule has 54 heavy (non-hydrogen) atoms. The highest BCUT2D eigenvalue weighted by molar-refractivity contribution is 7.26. The van der Waals surface area contributed by atoms with E-state index in [0.717, 1.165) is 6.42 Å². The normalized spacial score (nSPS) is 14.3. The minimum absolute atomic E-state index is 0.309. The van der Waals surface area contributed by atoms with E-state index in [2.05, 4.69) is 176 Å². The molecule has 1 aliphatic rings. The van der Waals surface area contributed by atoms with Crippen molar-refractivity contribution in [1.29, 1.82) is 0 Å². The highest BCUT2D eigenvalue weighted by Gasteiger charge is 2.20. The molecule has 0 amide bonds. The molecule has 2 heteroatoms. The second-order valence-corrected chi connectivity index (χ2v) is 16.9. The Hall–Kier alpha value is -6.06. The van der Waals surface area contributed by atoms with Crippen LogP contribution in [0.3, 0.4) is 0 Å². The average molecular weight is 721 g/mol. The number of fused-ring (bicyclic) bond motifs is 11. The fraction of sp³-hybridized carbons (Fsp3) is 0.0385. The van der Waals surface area contributed by atoms with Gasteiger partial charge in [0.25, 0.3) is 0 Å². The van der Waals surface area contributed by atoms with E-state index in [1.54, 1.807) is 0 Å². The Morgan fingerprint density at radius 2 is 1.07 bits per heavy atom. The smallest absolute Gasteiger partial charge is 0.0433 e. The van der Waals surface area contributed by atoms with Crippen LogP contribution < -0.4 is 9.75 Å². The van der Waals surface area contributed by atoms with Crippen molar-refractivity contribution in [3.63, 3.8) is 0 Å². The third-order valence-electron chi connectivity index (χ3n) is 11.7. The molecule has 1 aliphatic carbocycles. The molecule has 0 N–H and O–H groups in total. The molecule has 0 saturated heterocycles. The average Bonchev–Trinajstić information content (AvgIpc) is 3.79. The third kappa shape index (κ3) is 4.54. The molecule has 0 aliphatic heterocycles. The molecule has 0 spiro atoms. The Kier molecular flexibility index (Phi) is 6.60. The number of hydrogen-bond donors (Lipinski definition) is 0. The maximum absolute atomic E-state index is 2.55. The van der Waals surface area contributed by atoms with Gasteiger partial charge in [-0.15, -0.1) is 22.7 Å². The van der Waals surface area contributed by atoms with Crippen LogP contribution in [0.4, 0.5) is 0 Å². The van der Waals surface area contributed by atoms with Crippen LogP contribution in [0, 0.1) is 0 Å². The van der Waals surface area contributed by atoms with Crippen LogP contribution in [0.25, 0.3) is 108 Å². The molecule has 9 aromatic carbocycles. The SMILES string of the molecule is C1=c2sc3c(ccc4cc5sc6ccccc6c5cc43)c2=CC(c2cccc(-c3c4ccccc4c(-c4ccc5ccccc5c4)c4ccccc34)c2)C1. The van der Waals surface area contributed by atoms with E-state index in [9.17, 15) is 0 Å². The van der Waals surface area contributed by atoms with Gasteiger partial charge in [-0.2, -0.15) is 0 Å². The van der Waals surface area contributed by atoms with E-state index in [-0.39, 0.29) is 0 Å². The highest BCUT2D eigenvalue weighted by Crippen LogP contribution is 2.45. The van der Waals surface area contributed by atoms with Crippen molar-refractivity contribution in [3.05, 3.63) is 179 Å². The topological polar surface area (TPSA) is 0 Å². The predicted octanol–water partition coefficient (Wildman–Crippen LogP) is 14.0. The molecule has 252 valence electrons. The van der Waals surface area contributed by atoms with E-state index in [1.807, 2.05) is 22.7 Å². The number of benzene rings is 9. The minimum atomic E-state index is 0.309. The first-order valence-electron chi connectivity index (χ1n) is 18.8. The second kappa shape index (κ2) is 11.7. The largest absolute Gasteiger partial charge is 0.135 e. The molecular weight excluding hydrogens is 689 g/mol. The van der Waals surface area contributed by atoms with Crippen LogP contribution in [0.5, 0.6) is 0 Å². The van der Waals surface area contributed by atoms with E-state index in [0.29, 0.717) is 5.92 Å². The molecule has 0 fully saturated rings. The van der Waals surface area contributed by atoms with Gasteiger partial charge in [0.15, 0.2) is 0 Å². The summed E-state index contributed by atoms with van der Waals surface area (Å²) in [5.41, 5.74) is 6.52. The van der Waals surface area contributed by atoms with Crippen LogP contribution in [-0.4, -0.2) is 0 Å². The summed E-state index contributed by atoms with van der Waals surface area (Å²) in [7, 11) is 0. The van der Waals surface area contributed by atoms with Gasteiger partial charge in [0.1, 0.15) is 0 Å². The summed E-state index contributed by atoms with van der Waals surface area (Å²) in [4.78, 5) is 0. The molecule has 0 bridgehead atoms. The molecule has 0 nitrogen and oxygen atoms in total. The van der Waals surface area contributed by atoms with Crippen LogP contribution in [0.2, 0.25) is 0 Å². The van der Waals surface area contributed by atoms with Crippen LogP contribution >= 0.6 is 22.7 Å². The van der Waals surface area contributed by atoms with Crippen molar-refractivity contribution in [2.45, 2.75) is 12.3 Å². The molecule has 2 aromatic heterocycles. The number of hydrogen-bond acceptors (Lipinski definition) is 2. The van der Waals surface area contributed by atoms with Crippen LogP contribution in [0.15, 0.2) is 164 Å². The lowest BCUT2D eigenvalue weighted by Crippen LogP contribution is -2.23. The summed E-state index contributed by atoms with van der Waals surface area (Å²) in [6.45, 7) is 0. The predicted molar refractivity (Wildman–Crippen MR) is 238 cm³/mol. The van der Waals surface area contributed by atoms with Crippen molar-refractivity contribution in [3.8, 4) is 22.3 Å². The molecule has 0 radical (unpaired) electrons. The second-order valence-electron chi connectivity index (χ2n) is 14.7. The van der Waals surface area contributed by atoms with E-state index in [4.69, 9.17) is 0 Å². The maximum atomic E-state index is 2.55. The summed E-state index contributed by atoms with van der Waals surface area (Å²) in [5, 5.41) is 15.9. The number of rotatable bonds is 3. The zero-order valence-corrected chi connectivity index (χ0v) is 31.0. The van der Waals surface area contributed by atoms with Gasteiger partial charge >= 0.3 is 0 Å². The molecular formula is C52H32S2. The first kappa shape index (κ1) is 30.4. The van der Waals surface area contributed by atoms with Gasteiger partial charge in [-0.1, -0.05) is 152 Å². The molecule has 12 rings (SSSR count). The van der Waals surface area contributed by atoms with Crippen molar-refractivity contribution < 1.29 is 0 Å². The van der Waals surface area contributed by atoms with E-state index in [1.165, 1.54) is 111 Å². The van der Waals surface area contributed by atoms with Crippen LogP contribution in [0.1, 0.15) is 17.9 Å².